The van der Waals surface area contributed by atoms with Gasteiger partial charge < -0.3 is 14.3 Å². The normalized spacial score (nSPS) is 17.6. The second kappa shape index (κ2) is 4.51. The van der Waals surface area contributed by atoms with E-state index >= 15 is 0 Å². The summed E-state index contributed by atoms with van der Waals surface area (Å²) in [4.78, 5) is 13.3. The van der Waals surface area contributed by atoms with Crippen molar-refractivity contribution in [1.82, 2.24) is 9.55 Å². The predicted molar refractivity (Wildman–Crippen MR) is 70.9 cm³/mol. The van der Waals surface area contributed by atoms with Crippen molar-refractivity contribution in [2.75, 3.05) is 6.61 Å². The molecule has 19 heavy (non-hydrogen) atoms. The Morgan fingerprint density at radius 2 is 2.37 bits per heavy atom. The average Bonchev–Trinajstić information content (AvgIpc) is 2.83. The highest BCUT2D eigenvalue weighted by atomic mass is 32.1. The molecule has 0 saturated heterocycles. The highest BCUT2D eigenvalue weighted by Crippen LogP contribution is 2.32. The zero-order valence-corrected chi connectivity index (χ0v) is 10.7. The maximum absolute atomic E-state index is 10.8. The van der Waals surface area contributed by atoms with E-state index < -0.39 is 4.92 Å². The third-order valence-corrected chi connectivity index (χ3v) is 3.54. The second-order valence-corrected chi connectivity index (χ2v) is 4.78. The molecule has 2 heterocycles. The fraction of sp³-hybridized carbons (Fsp3) is 0.250. The molecule has 0 saturated carbocycles. The number of nitro groups is 1. The molecule has 2 aromatic rings. The van der Waals surface area contributed by atoms with E-state index in [9.17, 15) is 10.1 Å². The minimum absolute atomic E-state index is 0.0632. The van der Waals surface area contributed by atoms with Gasteiger partial charge in [0.25, 0.3) is 5.69 Å². The van der Waals surface area contributed by atoms with E-state index in [0.717, 1.165) is 5.56 Å². The molecule has 0 radical (unpaired) electrons. The van der Waals surface area contributed by atoms with Crippen LogP contribution in [-0.4, -0.2) is 21.1 Å². The summed E-state index contributed by atoms with van der Waals surface area (Å²) in [6.07, 6.45) is 4.30. The third-order valence-electron chi connectivity index (χ3n) is 3.21. The quantitative estimate of drug-likeness (QED) is 0.520. The Balaban J connectivity index is 1.94. The van der Waals surface area contributed by atoms with Gasteiger partial charge in [0.15, 0.2) is 4.77 Å². The summed E-state index contributed by atoms with van der Waals surface area (Å²) in [5, 5.41) is 10.8. The summed E-state index contributed by atoms with van der Waals surface area (Å²) < 4.78 is 8.19. The first kappa shape index (κ1) is 11.9. The second-order valence-electron chi connectivity index (χ2n) is 4.39. The standard InChI is InChI=1S/C12H11N3O3S/c16-15(17)9-1-2-11-8(5-9)6-10(7-18-11)14-4-3-13-12(14)19/h1-5,10H,6-7H2,(H,13,19). The molecule has 98 valence electrons. The number of nitrogens with zero attached hydrogens (tertiary/aromatic N) is 2. The Kier molecular flexibility index (Phi) is 2.83. The molecule has 0 bridgehead atoms. The third kappa shape index (κ3) is 2.12. The summed E-state index contributed by atoms with van der Waals surface area (Å²) in [5.41, 5.74) is 0.925. The van der Waals surface area contributed by atoms with Crippen LogP contribution in [-0.2, 0) is 6.42 Å². The maximum atomic E-state index is 10.8. The van der Waals surface area contributed by atoms with Gasteiger partial charge in [0, 0.05) is 36.5 Å². The summed E-state index contributed by atoms with van der Waals surface area (Å²) in [7, 11) is 0. The molecule has 1 atom stereocenters. The van der Waals surface area contributed by atoms with Gasteiger partial charge in [0.2, 0.25) is 0 Å². The first-order valence-electron chi connectivity index (χ1n) is 5.81. The molecule has 0 amide bonds. The molecule has 6 nitrogen and oxygen atoms in total. The molecule has 1 aromatic heterocycles. The fourth-order valence-electron chi connectivity index (χ4n) is 2.28. The van der Waals surface area contributed by atoms with E-state index in [4.69, 9.17) is 17.0 Å². The molecule has 1 aliphatic heterocycles. The van der Waals surface area contributed by atoms with E-state index in [1.807, 2.05) is 10.8 Å². The van der Waals surface area contributed by atoms with Gasteiger partial charge >= 0.3 is 0 Å². The van der Waals surface area contributed by atoms with Crippen LogP contribution in [0.5, 0.6) is 5.75 Å². The van der Waals surface area contributed by atoms with Gasteiger partial charge in [0.1, 0.15) is 12.4 Å². The van der Waals surface area contributed by atoms with Gasteiger partial charge in [-0.3, -0.25) is 10.1 Å². The van der Waals surface area contributed by atoms with Crippen LogP contribution in [0.15, 0.2) is 30.6 Å². The number of fused-ring (bicyclic) bond motifs is 1. The zero-order chi connectivity index (χ0) is 13.4. The van der Waals surface area contributed by atoms with Crippen LogP contribution in [0.1, 0.15) is 11.6 Å². The minimum Gasteiger partial charge on any atom is -0.491 e. The lowest BCUT2D eigenvalue weighted by molar-refractivity contribution is -0.385. The zero-order valence-electron chi connectivity index (χ0n) is 9.91. The lowest BCUT2D eigenvalue weighted by atomic mass is 10.0. The lowest BCUT2D eigenvalue weighted by Crippen LogP contribution is -2.24. The smallest absolute Gasteiger partial charge is 0.269 e. The number of hydrogen-bond acceptors (Lipinski definition) is 4. The van der Waals surface area contributed by atoms with Gasteiger partial charge in [-0.2, -0.15) is 0 Å². The molecule has 7 heteroatoms. The Labute approximate surface area is 113 Å². The van der Waals surface area contributed by atoms with Crippen molar-refractivity contribution in [2.24, 2.45) is 0 Å². The van der Waals surface area contributed by atoms with Crippen molar-refractivity contribution in [3.63, 3.8) is 0 Å². The number of non-ortho nitro benzene ring substituents is 1. The van der Waals surface area contributed by atoms with Crippen LogP contribution in [0.3, 0.4) is 0 Å². The molecular weight excluding hydrogens is 266 g/mol. The summed E-state index contributed by atoms with van der Waals surface area (Å²) in [5.74, 6) is 0.712. The van der Waals surface area contributed by atoms with Crippen molar-refractivity contribution in [2.45, 2.75) is 12.5 Å². The molecule has 0 fully saturated rings. The molecule has 0 aliphatic carbocycles. The minimum atomic E-state index is -0.397. The van der Waals surface area contributed by atoms with E-state index in [0.29, 0.717) is 23.5 Å². The van der Waals surface area contributed by atoms with Crippen molar-refractivity contribution in [1.29, 1.82) is 0 Å². The van der Waals surface area contributed by atoms with Crippen LogP contribution >= 0.6 is 12.2 Å². The average molecular weight is 277 g/mol. The Morgan fingerprint density at radius 3 is 3.05 bits per heavy atom. The van der Waals surface area contributed by atoms with Gasteiger partial charge in [-0.1, -0.05) is 0 Å². The Bertz CT molecular complexity index is 692. The largest absolute Gasteiger partial charge is 0.491 e. The number of nitrogens with one attached hydrogen (secondary N) is 1. The molecule has 3 rings (SSSR count). The Hall–Kier alpha value is -2.15. The van der Waals surface area contributed by atoms with Crippen molar-refractivity contribution < 1.29 is 9.66 Å². The molecule has 0 spiro atoms. The van der Waals surface area contributed by atoms with Crippen molar-refractivity contribution >= 4 is 17.9 Å². The Morgan fingerprint density at radius 1 is 1.53 bits per heavy atom. The summed E-state index contributed by atoms with van der Waals surface area (Å²) in [6, 6.07) is 4.74. The number of imidazole rings is 1. The molecule has 1 N–H and O–H groups in total. The van der Waals surface area contributed by atoms with Crippen molar-refractivity contribution in [3.8, 4) is 5.75 Å². The van der Waals surface area contributed by atoms with E-state index in [2.05, 4.69) is 4.98 Å². The molecule has 1 unspecified atom stereocenters. The summed E-state index contributed by atoms with van der Waals surface area (Å²) >= 11 is 5.18. The highest BCUT2D eigenvalue weighted by molar-refractivity contribution is 7.71. The van der Waals surface area contributed by atoms with E-state index in [1.165, 1.54) is 6.07 Å². The number of hydrogen-bond donors (Lipinski definition) is 1. The first-order valence-corrected chi connectivity index (χ1v) is 6.21. The maximum Gasteiger partial charge on any atom is 0.269 e. The number of aromatic nitrogens is 2. The van der Waals surface area contributed by atoms with Crippen LogP contribution in [0, 0.1) is 14.9 Å². The first-order chi connectivity index (χ1) is 9.15. The van der Waals surface area contributed by atoms with E-state index in [-0.39, 0.29) is 11.7 Å². The van der Waals surface area contributed by atoms with Crippen LogP contribution in [0.25, 0.3) is 0 Å². The van der Waals surface area contributed by atoms with Gasteiger partial charge in [-0.05, 0) is 18.3 Å². The monoisotopic (exact) mass is 277 g/mol. The number of benzene rings is 1. The highest BCUT2D eigenvalue weighted by Gasteiger charge is 2.23. The predicted octanol–water partition coefficient (Wildman–Crippen LogP) is 2.63. The van der Waals surface area contributed by atoms with E-state index in [1.54, 1.807) is 18.3 Å². The SMILES string of the molecule is O=[N+]([O-])c1ccc2c(c1)CC(n1cc[nH]c1=S)CO2. The van der Waals surface area contributed by atoms with Crippen molar-refractivity contribution in [3.05, 3.63) is 51.0 Å². The topological polar surface area (TPSA) is 73.1 Å². The number of aromatic amines is 1. The van der Waals surface area contributed by atoms with Crippen LogP contribution < -0.4 is 4.74 Å². The molecular formula is C12H11N3O3S. The summed E-state index contributed by atoms with van der Waals surface area (Å²) in [6.45, 7) is 0.511. The lowest BCUT2D eigenvalue weighted by Gasteiger charge is -2.26. The van der Waals surface area contributed by atoms with Crippen LogP contribution in [0.4, 0.5) is 5.69 Å². The molecule has 1 aromatic carbocycles. The number of H-pyrrole nitrogens is 1. The number of nitro benzene ring substituents is 1. The molecule has 1 aliphatic rings. The number of rotatable bonds is 2. The van der Waals surface area contributed by atoms with Crippen LogP contribution in [0.2, 0.25) is 0 Å². The van der Waals surface area contributed by atoms with Gasteiger partial charge in [-0.25, -0.2) is 0 Å². The van der Waals surface area contributed by atoms with Gasteiger partial charge in [0.05, 0.1) is 11.0 Å². The van der Waals surface area contributed by atoms with Gasteiger partial charge in [-0.15, -0.1) is 0 Å². The fourth-order valence-corrected chi connectivity index (χ4v) is 2.55. The number of ether oxygens (including phenoxy) is 1.